The Morgan fingerprint density at radius 2 is 2.33 bits per heavy atom. The van der Waals surface area contributed by atoms with Crippen LogP contribution < -0.4 is 5.73 Å². The van der Waals surface area contributed by atoms with Crippen molar-refractivity contribution in [2.24, 2.45) is 5.73 Å². The van der Waals surface area contributed by atoms with Gasteiger partial charge in [-0.25, -0.2) is 0 Å². The summed E-state index contributed by atoms with van der Waals surface area (Å²) in [4.78, 5) is 15.1. The van der Waals surface area contributed by atoms with Crippen molar-refractivity contribution < 1.29 is 4.79 Å². The van der Waals surface area contributed by atoms with Gasteiger partial charge in [-0.05, 0) is 35.0 Å². The molecule has 1 amide bonds. The summed E-state index contributed by atoms with van der Waals surface area (Å²) < 4.78 is 1.10. The Balaban J connectivity index is 2.47. The molecule has 0 aromatic carbocycles. The highest BCUT2D eigenvalue weighted by Gasteiger charge is 2.14. The number of thioether (sulfide) groups is 1. The van der Waals surface area contributed by atoms with E-state index in [2.05, 4.69) is 22.0 Å². The van der Waals surface area contributed by atoms with Crippen molar-refractivity contribution in [1.82, 2.24) is 4.90 Å². The molecule has 0 fully saturated rings. The third-order valence-electron chi connectivity index (χ3n) is 2.53. The average Bonchev–Trinajstić information content (AvgIpc) is 2.78. The molecule has 0 radical (unpaired) electrons. The van der Waals surface area contributed by atoms with Gasteiger partial charge in [0.15, 0.2) is 0 Å². The Hall–Kier alpha value is -0.0400. The second-order valence-corrected chi connectivity index (χ2v) is 7.95. The molecule has 1 rings (SSSR count). The summed E-state index contributed by atoms with van der Waals surface area (Å²) in [6.07, 6.45) is 0. The monoisotopic (exact) mass is 350 g/mol. The van der Waals surface area contributed by atoms with Crippen molar-refractivity contribution in [3.8, 4) is 0 Å². The minimum absolute atomic E-state index is 0.187. The molecule has 0 bridgehead atoms. The van der Waals surface area contributed by atoms with Crippen LogP contribution in [-0.2, 0) is 11.3 Å². The lowest BCUT2D eigenvalue weighted by molar-refractivity contribution is -0.128. The minimum Gasteiger partial charge on any atom is -0.337 e. The minimum atomic E-state index is 0.187. The van der Waals surface area contributed by atoms with E-state index in [1.54, 1.807) is 23.1 Å². The van der Waals surface area contributed by atoms with Gasteiger partial charge in [-0.3, -0.25) is 4.79 Å². The van der Waals surface area contributed by atoms with Crippen LogP contribution in [0.25, 0.3) is 0 Å². The zero-order chi connectivity index (χ0) is 13.5. The van der Waals surface area contributed by atoms with Gasteiger partial charge in [0.2, 0.25) is 5.91 Å². The summed E-state index contributed by atoms with van der Waals surface area (Å²) in [5.74, 6) is 0.700. The first kappa shape index (κ1) is 16.0. The maximum atomic E-state index is 12.1. The molecular weight excluding hydrogens is 332 g/mol. The number of hydrogen-bond donors (Lipinski definition) is 1. The van der Waals surface area contributed by atoms with E-state index in [1.165, 1.54) is 4.88 Å². The van der Waals surface area contributed by atoms with Crippen LogP contribution in [0.3, 0.4) is 0 Å². The molecule has 2 N–H and O–H groups in total. The second kappa shape index (κ2) is 8.19. The number of thiophene rings is 1. The molecule has 0 aliphatic heterocycles. The van der Waals surface area contributed by atoms with Gasteiger partial charge < -0.3 is 10.6 Å². The Labute approximate surface area is 125 Å². The Morgan fingerprint density at radius 3 is 2.83 bits per heavy atom. The van der Waals surface area contributed by atoms with Crippen LogP contribution in [0.2, 0.25) is 0 Å². The number of rotatable bonds is 7. The third-order valence-corrected chi connectivity index (χ3v) is 5.32. The van der Waals surface area contributed by atoms with E-state index >= 15 is 0 Å². The molecule has 1 atom stereocenters. The smallest absolute Gasteiger partial charge is 0.232 e. The highest BCUT2D eigenvalue weighted by molar-refractivity contribution is 9.11. The van der Waals surface area contributed by atoms with Gasteiger partial charge in [-0.15, -0.1) is 23.1 Å². The average molecular weight is 351 g/mol. The lowest BCUT2D eigenvalue weighted by atomic mass is 10.4. The first-order valence-corrected chi connectivity index (χ1v) is 8.56. The molecular formula is C12H19BrN2OS2. The first-order valence-electron chi connectivity index (χ1n) is 5.90. The van der Waals surface area contributed by atoms with E-state index in [0.29, 0.717) is 24.1 Å². The normalized spacial score (nSPS) is 12.4. The van der Waals surface area contributed by atoms with Crippen LogP contribution in [-0.4, -0.2) is 34.9 Å². The summed E-state index contributed by atoms with van der Waals surface area (Å²) >= 11 is 6.73. The fraction of sp³-hybridized carbons (Fsp3) is 0.583. The molecule has 6 heteroatoms. The molecule has 3 nitrogen and oxygen atoms in total. The molecule has 18 heavy (non-hydrogen) atoms. The molecule has 0 saturated carbocycles. The van der Waals surface area contributed by atoms with Gasteiger partial charge in [0, 0.05) is 23.2 Å². The van der Waals surface area contributed by atoms with Crippen LogP contribution in [0.15, 0.2) is 15.9 Å². The largest absolute Gasteiger partial charge is 0.337 e. The number of halogens is 1. The molecule has 1 aromatic heterocycles. The van der Waals surface area contributed by atoms with Crippen LogP contribution in [0, 0.1) is 0 Å². The number of nitrogens with zero attached hydrogens (tertiary/aromatic N) is 1. The molecule has 0 spiro atoms. The summed E-state index contributed by atoms with van der Waals surface area (Å²) in [7, 11) is 0. The van der Waals surface area contributed by atoms with E-state index in [0.717, 1.165) is 10.3 Å². The van der Waals surface area contributed by atoms with E-state index < -0.39 is 0 Å². The number of carbonyl (C=O) groups is 1. The molecule has 1 unspecified atom stereocenters. The van der Waals surface area contributed by atoms with Gasteiger partial charge in [0.25, 0.3) is 0 Å². The van der Waals surface area contributed by atoms with Crippen molar-refractivity contribution in [3.05, 3.63) is 20.8 Å². The molecule has 1 heterocycles. The summed E-state index contributed by atoms with van der Waals surface area (Å²) in [6.45, 7) is 6.11. The third kappa shape index (κ3) is 5.30. The topological polar surface area (TPSA) is 46.3 Å². The summed E-state index contributed by atoms with van der Waals surface area (Å²) in [6, 6.07) is 4.07. The highest BCUT2D eigenvalue weighted by Crippen LogP contribution is 2.23. The number of carbonyl (C=O) groups excluding carboxylic acids is 1. The molecule has 102 valence electrons. The van der Waals surface area contributed by atoms with Gasteiger partial charge in [-0.2, -0.15) is 0 Å². The Kier molecular flexibility index (Phi) is 7.29. The van der Waals surface area contributed by atoms with Crippen molar-refractivity contribution in [2.45, 2.75) is 25.6 Å². The van der Waals surface area contributed by atoms with Crippen molar-refractivity contribution in [1.29, 1.82) is 0 Å². The SMILES string of the molecule is CCN(Cc1ccc(Br)s1)C(=O)CSC(C)CN. The molecule has 0 saturated heterocycles. The highest BCUT2D eigenvalue weighted by atomic mass is 79.9. The van der Waals surface area contributed by atoms with Crippen LogP contribution in [0.1, 0.15) is 18.7 Å². The first-order chi connectivity index (χ1) is 8.56. The Morgan fingerprint density at radius 1 is 1.61 bits per heavy atom. The van der Waals surface area contributed by atoms with Gasteiger partial charge in [0.05, 0.1) is 16.1 Å². The lowest BCUT2D eigenvalue weighted by Crippen LogP contribution is -2.32. The van der Waals surface area contributed by atoms with Crippen LogP contribution >= 0.6 is 39.0 Å². The van der Waals surface area contributed by atoms with Crippen molar-refractivity contribution >= 4 is 44.9 Å². The molecule has 1 aromatic rings. The molecule has 0 aliphatic carbocycles. The van der Waals surface area contributed by atoms with E-state index in [9.17, 15) is 4.79 Å². The predicted molar refractivity (Wildman–Crippen MR) is 84.1 cm³/mol. The maximum Gasteiger partial charge on any atom is 0.232 e. The number of amides is 1. The van der Waals surface area contributed by atoms with Gasteiger partial charge in [-0.1, -0.05) is 6.92 Å². The van der Waals surface area contributed by atoms with E-state index in [4.69, 9.17) is 5.73 Å². The fourth-order valence-electron chi connectivity index (χ4n) is 1.37. The Bertz CT molecular complexity index is 384. The number of hydrogen-bond acceptors (Lipinski definition) is 4. The van der Waals surface area contributed by atoms with Gasteiger partial charge >= 0.3 is 0 Å². The molecule has 0 aliphatic rings. The summed E-state index contributed by atoms with van der Waals surface area (Å²) in [5.41, 5.74) is 5.54. The van der Waals surface area contributed by atoms with Crippen LogP contribution in [0.4, 0.5) is 0 Å². The zero-order valence-corrected chi connectivity index (χ0v) is 13.9. The predicted octanol–water partition coefficient (Wildman–Crippen LogP) is 2.94. The quantitative estimate of drug-likeness (QED) is 0.822. The lowest BCUT2D eigenvalue weighted by Gasteiger charge is -2.20. The van der Waals surface area contributed by atoms with E-state index in [-0.39, 0.29) is 5.91 Å². The standard InChI is InChI=1S/C12H19BrN2OS2/c1-3-15(7-10-4-5-11(13)18-10)12(16)8-17-9(2)6-14/h4-5,9H,3,6-8,14H2,1-2H3. The second-order valence-electron chi connectivity index (χ2n) is 3.97. The number of nitrogens with two attached hydrogens (primary N) is 1. The van der Waals surface area contributed by atoms with Crippen molar-refractivity contribution in [2.75, 3.05) is 18.8 Å². The van der Waals surface area contributed by atoms with Crippen molar-refractivity contribution in [3.63, 3.8) is 0 Å². The zero-order valence-electron chi connectivity index (χ0n) is 10.7. The van der Waals surface area contributed by atoms with Gasteiger partial charge in [0.1, 0.15) is 0 Å². The fourth-order valence-corrected chi connectivity index (χ4v) is 3.62. The van der Waals surface area contributed by atoms with E-state index in [1.807, 2.05) is 24.8 Å². The maximum absolute atomic E-state index is 12.1. The summed E-state index contributed by atoms with van der Waals surface area (Å²) in [5, 5.41) is 0.337. The van der Waals surface area contributed by atoms with Crippen LogP contribution in [0.5, 0.6) is 0 Å².